The molecule has 0 atom stereocenters. The van der Waals surface area contributed by atoms with Crippen LogP contribution in [0.5, 0.6) is 0 Å². The first-order chi connectivity index (χ1) is 7.66. The van der Waals surface area contributed by atoms with E-state index in [1.165, 1.54) is 0 Å². The molecule has 98 valence electrons. The van der Waals surface area contributed by atoms with Crippen molar-refractivity contribution in [2.75, 3.05) is 39.8 Å². The summed E-state index contributed by atoms with van der Waals surface area (Å²) in [5.74, 6) is 0. The first kappa shape index (κ1) is 16.1. The minimum atomic E-state index is -2.11. The fourth-order valence-electron chi connectivity index (χ4n) is 2.29. The first-order valence-electron chi connectivity index (χ1n) is 6.46. The second-order valence-electron chi connectivity index (χ2n) is 3.69. The third-order valence-corrected chi connectivity index (χ3v) is 7.44. The molecule has 1 N–H and O–H groups in total. The summed E-state index contributed by atoms with van der Waals surface area (Å²) >= 11 is 0. The van der Waals surface area contributed by atoms with E-state index in [0.717, 1.165) is 32.7 Å². The van der Waals surface area contributed by atoms with Gasteiger partial charge in [-0.2, -0.15) is 0 Å². The summed E-state index contributed by atoms with van der Waals surface area (Å²) in [6.07, 6.45) is 0. The second kappa shape index (κ2) is 8.19. The van der Waals surface area contributed by atoms with Gasteiger partial charge in [0.25, 0.3) is 0 Å². The first-order valence-corrected chi connectivity index (χ1v) is 8.27. The maximum atomic E-state index is 5.95. The summed E-state index contributed by atoms with van der Waals surface area (Å²) in [7, 11) is -0.273. The molecule has 0 spiro atoms. The molecule has 0 aliphatic carbocycles. The molecular formula is C11H29N3OSi. The van der Waals surface area contributed by atoms with E-state index in [-0.39, 0.29) is 0 Å². The van der Waals surface area contributed by atoms with Crippen molar-refractivity contribution in [3.63, 3.8) is 0 Å². The van der Waals surface area contributed by atoms with Gasteiger partial charge in [-0.25, -0.2) is 0 Å². The van der Waals surface area contributed by atoms with Crippen molar-refractivity contribution < 1.29 is 4.43 Å². The van der Waals surface area contributed by atoms with Crippen LogP contribution in [0.4, 0.5) is 0 Å². The number of hydrogen-bond donors (Lipinski definition) is 1. The summed E-state index contributed by atoms with van der Waals surface area (Å²) in [5, 5.41) is 0. The Kier molecular flexibility index (Phi) is 8.22. The van der Waals surface area contributed by atoms with Crippen LogP contribution in [0.3, 0.4) is 0 Å². The molecule has 0 bridgehead atoms. The predicted octanol–water partition coefficient (Wildman–Crippen LogP) is 1.36. The average Bonchev–Trinajstić information content (AvgIpc) is 2.31. The van der Waals surface area contributed by atoms with Gasteiger partial charge in [-0.3, -0.25) is 14.1 Å². The minimum absolute atomic E-state index is 0.951. The van der Waals surface area contributed by atoms with Crippen molar-refractivity contribution in [1.29, 1.82) is 0 Å². The fraction of sp³-hybridized carbons (Fsp3) is 1.00. The lowest BCUT2D eigenvalue weighted by molar-refractivity contribution is 0.200. The minimum Gasteiger partial charge on any atom is -0.383 e. The monoisotopic (exact) mass is 247 g/mol. The van der Waals surface area contributed by atoms with Crippen LogP contribution >= 0.6 is 0 Å². The SMILES string of the molecule is CCN[Si](OC)(N(CC)CC)N(CC)CC. The van der Waals surface area contributed by atoms with E-state index in [1.54, 1.807) is 0 Å². The Balaban J connectivity index is 5.08. The van der Waals surface area contributed by atoms with Gasteiger partial charge in [0.05, 0.1) is 0 Å². The number of rotatable bonds is 9. The average molecular weight is 247 g/mol. The highest BCUT2D eigenvalue weighted by Crippen LogP contribution is 2.13. The van der Waals surface area contributed by atoms with Gasteiger partial charge in [-0.15, -0.1) is 0 Å². The van der Waals surface area contributed by atoms with E-state index >= 15 is 0 Å². The van der Waals surface area contributed by atoms with Gasteiger partial charge in [-0.1, -0.05) is 34.6 Å². The van der Waals surface area contributed by atoms with E-state index in [2.05, 4.69) is 48.7 Å². The molecule has 0 radical (unpaired) electrons. The zero-order valence-electron chi connectivity index (χ0n) is 11.8. The van der Waals surface area contributed by atoms with E-state index < -0.39 is 8.80 Å². The molecule has 0 aromatic rings. The Hall–Kier alpha value is 0.0569. The lowest BCUT2D eigenvalue weighted by atomic mass is 10.7. The third-order valence-electron chi connectivity index (χ3n) is 3.08. The van der Waals surface area contributed by atoms with E-state index in [9.17, 15) is 0 Å². The zero-order chi connectivity index (χ0) is 12.6. The van der Waals surface area contributed by atoms with Gasteiger partial charge >= 0.3 is 8.80 Å². The topological polar surface area (TPSA) is 27.7 Å². The molecule has 0 amide bonds. The number of hydrogen-bond acceptors (Lipinski definition) is 4. The Morgan fingerprint density at radius 2 is 1.25 bits per heavy atom. The number of nitrogens with one attached hydrogen (secondary N) is 1. The molecule has 16 heavy (non-hydrogen) atoms. The van der Waals surface area contributed by atoms with Crippen LogP contribution in [0.1, 0.15) is 34.6 Å². The molecule has 5 heteroatoms. The molecule has 0 unspecified atom stereocenters. The van der Waals surface area contributed by atoms with Crippen LogP contribution in [0.15, 0.2) is 0 Å². The van der Waals surface area contributed by atoms with Crippen LogP contribution in [-0.2, 0) is 4.43 Å². The van der Waals surface area contributed by atoms with Gasteiger partial charge in [0.2, 0.25) is 0 Å². The second-order valence-corrected chi connectivity index (χ2v) is 6.93. The van der Waals surface area contributed by atoms with Crippen LogP contribution in [0, 0.1) is 0 Å². The molecular weight excluding hydrogens is 218 g/mol. The molecule has 0 fully saturated rings. The lowest BCUT2D eigenvalue weighted by Crippen LogP contribution is -2.75. The molecule has 0 aromatic heterocycles. The van der Waals surface area contributed by atoms with Crippen molar-refractivity contribution in [2.24, 2.45) is 0 Å². The van der Waals surface area contributed by atoms with Crippen molar-refractivity contribution in [1.82, 2.24) is 14.1 Å². The summed E-state index contributed by atoms with van der Waals surface area (Å²) < 4.78 is 10.8. The number of nitrogens with zero attached hydrogens (tertiary/aromatic N) is 2. The molecule has 0 heterocycles. The molecule has 0 rings (SSSR count). The Morgan fingerprint density at radius 3 is 1.44 bits per heavy atom. The Morgan fingerprint density at radius 1 is 0.875 bits per heavy atom. The molecule has 0 aliphatic heterocycles. The van der Waals surface area contributed by atoms with E-state index in [0.29, 0.717) is 0 Å². The fourth-order valence-corrected chi connectivity index (χ4v) is 5.97. The van der Waals surface area contributed by atoms with Crippen molar-refractivity contribution in [2.45, 2.75) is 34.6 Å². The van der Waals surface area contributed by atoms with Crippen LogP contribution < -0.4 is 4.98 Å². The largest absolute Gasteiger partial charge is 0.445 e. The van der Waals surface area contributed by atoms with Gasteiger partial charge in [0.1, 0.15) is 0 Å². The summed E-state index contributed by atoms with van der Waals surface area (Å²) in [4.78, 5) is 3.62. The van der Waals surface area contributed by atoms with Gasteiger partial charge < -0.3 is 4.43 Å². The van der Waals surface area contributed by atoms with Gasteiger partial charge in [0, 0.05) is 7.11 Å². The van der Waals surface area contributed by atoms with Gasteiger partial charge in [0.15, 0.2) is 0 Å². The highest BCUT2D eigenvalue weighted by molar-refractivity contribution is 6.65. The summed E-state index contributed by atoms with van der Waals surface area (Å²) in [6.45, 7) is 16.0. The normalized spacial score (nSPS) is 12.8. The third kappa shape index (κ3) is 3.27. The van der Waals surface area contributed by atoms with E-state index in [1.807, 2.05) is 7.11 Å². The van der Waals surface area contributed by atoms with Crippen molar-refractivity contribution >= 4 is 8.80 Å². The summed E-state index contributed by atoms with van der Waals surface area (Å²) in [5.41, 5.74) is 0. The highest BCUT2D eigenvalue weighted by atomic mass is 28.4. The smallest absolute Gasteiger partial charge is 0.383 e. The van der Waals surface area contributed by atoms with Crippen LogP contribution in [0.2, 0.25) is 0 Å². The Labute approximate surface area is 102 Å². The van der Waals surface area contributed by atoms with Gasteiger partial charge in [-0.05, 0) is 32.7 Å². The Bertz CT molecular complexity index is 161. The van der Waals surface area contributed by atoms with Crippen molar-refractivity contribution in [3.05, 3.63) is 0 Å². The highest BCUT2D eigenvalue weighted by Gasteiger charge is 2.45. The maximum Gasteiger partial charge on any atom is 0.445 e. The zero-order valence-corrected chi connectivity index (χ0v) is 12.8. The van der Waals surface area contributed by atoms with Crippen LogP contribution in [-0.4, -0.2) is 57.8 Å². The molecule has 0 saturated carbocycles. The standard InChI is InChI=1S/C11H29N3OSi/c1-7-12-16(15-6,13(8-2)9-3)14(10-4)11-5/h12H,7-11H2,1-6H3. The maximum absolute atomic E-state index is 5.95. The quantitative estimate of drug-likeness (QED) is 0.623. The van der Waals surface area contributed by atoms with Crippen molar-refractivity contribution in [3.8, 4) is 0 Å². The molecule has 0 aliphatic rings. The lowest BCUT2D eigenvalue weighted by Gasteiger charge is -2.45. The molecule has 0 saturated heterocycles. The predicted molar refractivity (Wildman–Crippen MR) is 72.3 cm³/mol. The van der Waals surface area contributed by atoms with E-state index in [4.69, 9.17) is 4.43 Å². The summed E-state index contributed by atoms with van der Waals surface area (Å²) in [6, 6.07) is 0. The molecule has 0 aromatic carbocycles. The molecule has 4 nitrogen and oxygen atoms in total. The van der Waals surface area contributed by atoms with Crippen LogP contribution in [0.25, 0.3) is 0 Å².